The molecule has 0 unspecified atom stereocenters. The summed E-state index contributed by atoms with van der Waals surface area (Å²) in [6.07, 6.45) is -0.0262. The van der Waals surface area contributed by atoms with Gasteiger partial charge in [-0.3, -0.25) is 4.79 Å². The number of aromatic hydroxyl groups is 2. The first kappa shape index (κ1) is 14.8. The summed E-state index contributed by atoms with van der Waals surface area (Å²) in [5, 5.41) is 29.8. The minimum Gasteiger partial charge on any atom is -0.504 e. The Kier molecular flexibility index (Phi) is 4.71. The van der Waals surface area contributed by atoms with Gasteiger partial charge in [-0.15, -0.1) is 0 Å². The maximum Gasteiger partial charge on any atom is 0.326 e. The number of phenolic OH excluding ortho intramolecular Hbond substituents is 2. The Morgan fingerprint density at radius 2 is 1.95 bits per heavy atom. The minimum atomic E-state index is -1.21. The number of nitrogens with one attached hydrogen (secondary N) is 1. The van der Waals surface area contributed by atoms with Crippen molar-refractivity contribution in [3.8, 4) is 11.5 Å². The fourth-order valence-corrected chi connectivity index (χ4v) is 1.43. The van der Waals surface area contributed by atoms with Crippen molar-refractivity contribution < 1.29 is 24.9 Å². The van der Waals surface area contributed by atoms with E-state index in [4.69, 9.17) is 15.9 Å². The fourth-order valence-electron chi connectivity index (χ4n) is 1.43. The third-order valence-electron chi connectivity index (χ3n) is 2.51. The van der Waals surface area contributed by atoms with E-state index in [-0.39, 0.29) is 17.9 Å². The molecule has 0 saturated carbocycles. The molecule has 0 aliphatic heterocycles. The van der Waals surface area contributed by atoms with Crippen LogP contribution in [0.1, 0.15) is 12.5 Å². The average Bonchev–Trinajstić information content (AvgIpc) is 2.32. The molecule has 0 aromatic heterocycles. The molecular formula is C12H16N2O5. The molecule has 19 heavy (non-hydrogen) atoms. The van der Waals surface area contributed by atoms with Crippen molar-refractivity contribution in [2.45, 2.75) is 25.4 Å². The first-order chi connectivity index (χ1) is 8.81. The summed E-state index contributed by atoms with van der Waals surface area (Å²) < 4.78 is 0. The summed E-state index contributed by atoms with van der Waals surface area (Å²) in [6.45, 7) is 1.45. The molecule has 0 fully saturated rings. The summed E-state index contributed by atoms with van der Waals surface area (Å²) in [7, 11) is 0. The molecule has 0 aliphatic carbocycles. The molecule has 0 aliphatic rings. The number of rotatable bonds is 5. The first-order valence-corrected chi connectivity index (χ1v) is 5.61. The van der Waals surface area contributed by atoms with Gasteiger partial charge in [-0.25, -0.2) is 4.79 Å². The molecule has 0 saturated heterocycles. The highest BCUT2D eigenvalue weighted by molar-refractivity contribution is 5.86. The number of phenols is 2. The maximum absolute atomic E-state index is 11.4. The zero-order valence-electron chi connectivity index (χ0n) is 10.3. The molecule has 0 spiro atoms. The van der Waals surface area contributed by atoms with Crippen LogP contribution >= 0.6 is 0 Å². The van der Waals surface area contributed by atoms with E-state index in [1.807, 2.05) is 0 Å². The van der Waals surface area contributed by atoms with Crippen LogP contribution in [-0.2, 0) is 16.0 Å². The summed E-state index contributed by atoms with van der Waals surface area (Å²) in [5.41, 5.74) is 5.81. The number of aliphatic carboxylic acids is 1. The third-order valence-corrected chi connectivity index (χ3v) is 2.51. The van der Waals surface area contributed by atoms with Crippen LogP contribution in [0.5, 0.6) is 11.5 Å². The minimum absolute atomic E-state index is 0.0262. The molecule has 2 atom stereocenters. The lowest BCUT2D eigenvalue weighted by molar-refractivity contribution is -0.141. The van der Waals surface area contributed by atoms with Gasteiger partial charge < -0.3 is 26.4 Å². The SMILES string of the molecule is C[C@@H](N)C(=O)N[C@@H](Cc1ccc(O)c(O)c1)C(=O)O. The zero-order valence-corrected chi connectivity index (χ0v) is 10.3. The molecule has 1 rings (SSSR count). The van der Waals surface area contributed by atoms with Gasteiger partial charge in [0.1, 0.15) is 6.04 Å². The Hall–Kier alpha value is -2.28. The molecule has 6 N–H and O–H groups in total. The second-order valence-electron chi connectivity index (χ2n) is 4.22. The Morgan fingerprint density at radius 1 is 1.32 bits per heavy atom. The quantitative estimate of drug-likeness (QED) is 0.460. The van der Waals surface area contributed by atoms with Gasteiger partial charge >= 0.3 is 5.97 Å². The highest BCUT2D eigenvalue weighted by atomic mass is 16.4. The van der Waals surface area contributed by atoms with Crippen LogP contribution in [0.25, 0.3) is 0 Å². The van der Waals surface area contributed by atoms with Crippen molar-refractivity contribution in [2.24, 2.45) is 5.73 Å². The Labute approximate surface area is 109 Å². The van der Waals surface area contributed by atoms with Crippen molar-refractivity contribution >= 4 is 11.9 Å². The van der Waals surface area contributed by atoms with Gasteiger partial charge in [-0.05, 0) is 24.6 Å². The molecule has 1 aromatic carbocycles. The number of amides is 1. The van der Waals surface area contributed by atoms with Crippen molar-refractivity contribution in [1.82, 2.24) is 5.32 Å². The normalized spacial score (nSPS) is 13.6. The largest absolute Gasteiger partial charge is 0.504 e. The summed E-state index contributed by atoms with van der Waals surface area (Å²) >= 11 is 0. The predicted molar refractivity (Wildman–Crippen MR) is 66.7 cm³/mol. The van der Waals surface area contributed by atoms with Crippen molar-refractivity contribution in [1.29, 1.82) is 0 Å². The molecular weight excluding hydrogens is 252 g/mol. The number of carbonyl (C=O) groups excluding carboxylic acids is 1. The van der Waals surface area contributed by atoms with Gasteiger partial charge in [-0.1, -0.05) is 6.07 Å². The number of carboxylic acids is 1. The Balaban J connectivity index is 2.81. The van der Waals surface area contributed by atoms with E-state index in [0.717, 1.165) is 0 Å². The number of carboxylic acid groups (broad SMARTS) is 1. The Bertz CT molecular complexity index is 487. The van der Waals surface area contributed by atoms with Gasteiger partial charge in [0.05, 0.1) is 6.04 Å². The predicted octanol–water partition coefficient (Wildman–Crippen LogP) is -0.443. The number of carbonyl (C=O) groups is 2. The lowest BCUT2D eigenvalue weighted by Gasteiger charge is -2.16. The highest BCUT2D eigenvalue weighted by Crippen LogP contribution is 2.25. The van der Waals surface area contributed by atoms with Gasteiger partial charge in [-0.2, -0.15) is 0 Å². The molecule has 7 nitrogen and oxygen atoms in total. The van der Waals surface area contributed by atoms with Crippen LogP contribution in [0.2, 0.25) is 0 Å². The molecule has 0 radical (unpaired) electrons. The Morgan fingerprint density at radius 3 is 2.42 bits per heavy atom. The number of hydrogen-bond acceptors (Lipinski definition) is 5. The van der Waals surface area contributed by atoms with E-state index in [2.05, 4.69) is 5.32 Å². The van der Waals surface area contributed by atoms with Crippen molar-refractivity contribution in [2.75, 3.05) is 0 Å². The lowest BCUT2D eigenvalue weighted by atomic mass is 10.0. The van der Waals surface area contributed by atoms with E-state index >= 15 is 0 Å². The number of nitrogens with two attached hydrogens (primary N) is 1. The molecule has 0 bridgehead atoms. The van der Waals surface area contributed by atoms with Gasteiger partial charge in [0, 0.05) is 6.42 Å². The van der Waals surface area contributed by atoms with E-state index in [1.54, 1.807) is 0 Å². The van der Waals surface area contributed by atoms with Crippen LogP contribution in [0.3, 0.4) is 0 Å². The smallest absolute Gasteiger partial charge is 0.326 e. The van der Waals surface area contributed by atoms with Crippen molar-refractivity contribution in [3.63, 3.8) is 0 Å². The fraction of sp³-hybridized carbons (Fsp3) is 0.333. The van der Waals surface area contributed by atoms with E-state index in [9.17, 15) is 14.7 Å². The van der Waals surface area contributed by atoms with Crippen molar-refractivity contribution in [3.05, 3.63) is 23.8 Å². The zero-order chi connectivity index (χ0) is 14.6. The number of hydrogen-bond donors (Lipinski definition) is 5. The van der Waals surface area contributed by atoms with Crippen LogP contribution in [-0.4, -0.2) is 39.3 Å². The molecule has 7 heteroatoms. The topological polar surface area (TPSA) is 133 Å². The third kappa shape index (κ3) is 4.14. The summed E-state index contributed by atoms with van der Waals surface area (Å²) in [6, 6.07) is 1.99. The average molecular weight is 268 g/mol. The van der Waals surface area contributed by atoms with E-state index < -0.39 is 24.0 Å². The van der Waals surface area contributed by atoms with Gasteiger partial charge in [0.2, 0.25) is 5.91 Å². The second kappa shape index (κ2) is 6.05. The molecule has 1 amide bonds. The van der Waals surface area contributed by atoms with Crippen LogP contribution < -0.4 is 11.1 Å². The molecule has 0 heterocycles. The van der Waals surface area contributed by atoms with Gasteiger partial charge in [0.25, 0.3) is 0 Å². The lowest BCUT2D eigenvalue weighted by Crippen LogP contribution is -2.48. The first-order valence-electron chi connectivity index (χ1n) is 5.61. The summed E-state index contributed by atoms with van der Waals surface area (Å²) in [5.74, 6) is -2.42. The van der Waals surface area contributed by atoms with Crippen LogP contribution in [0, 0.1) is 0 Å². The van der Waals surface area contributed by atoms with Crippen LogP contribution in [0.15, 0.2) is 18.2 Å². The molecule has 104 valence electrons. The highest BCUT2D eigenvalue weighted by Gasteiger charge is 2.22. The monoisotopic (exact) mass is 268 g/mol. The van der Waals surface area contributed by atoms with Gasteiger partial charge in [0.15, 0.2) is 11.5 Å². The standard InChI is InChI=1S/C12H16N2O5/c1-6(13)11(17)14-8(12(18)19)4-7-2-3-9(15)10(16)5-7/h2-3,5-6,8,15-16H,4,13H2,1H3,(H,14,17)(H,18,19)/t6-,8+/m1/s1. The number of benzene rings is 1. The van der Waals surface area contributed by atoms with E-state index in [1.165, 1.54) is 25.1 Å². The van der Waals surface area contributed by atoms with E-state index in [0.29, 0.717) is 5.56 Å². The second-order valence-corrected chi connectivity index (χ2v) is 4.22. The maximum atomic E-state index is 11.4. The summed E-state index contributed by atoms with van der Waals surface area (Å²) in [4.78, 5) is 22.4. The molecule has 1 aromatic rings. The van der Waals surface area contributed by atoms with Crippen LogP contribution in [0.4, 0.5) is 0 Å².